The Bertz CT molecular complexity index is 596. The van der Waals surface area contributed by atoms with Gasteiger partial charge in [-0.1, -0.05) is 20.8 Å². The van der Waals surface area contributed by atoms with E-state index in [-0.39, 0.29) is 17.7 Å². The molecule has 0 aliphatic carbocycles. The van der Waals surface area contributed by atoms with E-state index in [4.69, 9.17) is 0 Å². The van der Waals surface area contributed by atoms with Crippen LogP contribution in [0, 0.1) is 5.41 Å². The zero-order valence-electron chi connectivity index (χ0n) is 15.2. The lowest BCUT2D eigenvalue weighted by molar-refractivity contribution is -0.142. The maximum Gasteiger partial charge on any atom is 0.326 e. The van der Waals surface area contributed by atoms with Crippen LogP contribution in [-0.2, 0) is 20.8 Å². The molecular weight excluding hydrogens is 322 g/mol. The van der Waals surface area contributed by atoms with Crippen molar-refractivity contribution >= 4 is 17.8 Å². The third-order valence-corrected chi connectivity index (χ3v) is 3.68. The first kappa shape index (κ1) is 20.6. The molecule has 0 spiro atoms. The van der Waals surface area contributed by atoms with Crippen LogP contribution in [0.3, 0.4) is 0 Å². The largest absolute Gasteiger partial charge is 0.480 e. The second-order valence-corrected chi connectivity index (χ2v) is 7.31. The molecule has 7 nitrogen and oxygen atoms in total. The summed E-state index contributed by atoms with van der Waals surface area (Å²) >= 11 is 0. The molecule has 2 amide bonds. The fraction of sp³-hybridized carbons (Fsp3) is 0.556. The minimum Gasteiger partial charge on any atom is -0.480 e. The predicted molar refractivity (Wildman–Crippen MR) is 93.8 cm³/mol. The fourth-order valence-corrected chi connectivity index (χ4v) is 2.32. The summed E-state index contributed by atoms with van der Waals surface area (Å²) in [7, 11) is 0. The number of carbonyl (C=O) groups is 3. The van der Waals surface area contributed by atoms with Crippen LogP contribution in [0.4, 0.5) is 0 Å². The van der Waals surface area contributed by atoms with Crippen molar-refractivity contribution in [3.63, 3.8) is 0 Å². The molecule has 0 radical (unpaired) electrons. The Hall–Kier alpha value is -2.44. The molecule has 1 heterocycles. The number of nitrogens with zero attached hydrogens (tertiary/aromatic N) is 1. The van der Waals surface area contributed by atoms with Crippen molar-refractivity contribution in [3.05, 3.63) is 30.1 Å². The lowest BCUT2D eigenvalue weighted by atomic mass is 9.88. The van der Waals surface area contributed by atoms with Gasteiger partial charge >= 0.3 is 5.97 Å². The van der Waals surface area contributed by atoms with Gasteiger partial charge in [0.25, 0.3) is 0 Å². The standard InChI is InChI=1S/C18H27N3O4/c1-12(22)20-15(11-13-6-9-19-10-7-13)16(23)21-14(17(24)25)5-8-18(2,3)4/h6-7,9-10,14-15H,5,8,11H2,1-4H3,(H,20,22)(H,21,23)(H,24,25)/t14-,15-/m0/s1. The Kier molecular flexibility index (Phi) is 7.54. The quantitative estimate of drug-likeness (QED) is 0.659. The Morgan fingerprint density at radius 1 is 1.12 bits per heavy atom. The number of amides is 2. The van der Waals surface area contributed by atoms with Gasteiger partial charge in [0.1, 0.15) is 12.1 Å². The first-order valence-corrected chi connectivity index (χ1v) is 8.27. The van der Waals surface area contributed by atoms with Gasteiger partial charge in [-0.3, -0.25) is 14.6 Å². The lowest BCUT2D eigenvalue weighted by Crippen LogP contribution is -2.52. The van der Waals surface area contributed by atoms with Crippen LogP contribution in [-0.4, -0.2) is 40.0 Å². The van der Waals surface area contributed by atoms with E-state index >= 15 is 0 Å². The second kappa shape index (κ2) is 9.15. The van der Waals surface area contributed by atoms with Gasteiger partial charge in [0.15, 0.2) is 0 Å². The Morgan fingerprint density at radius 2 is 1.72 bits per heavy atom. The molecule has 3 N–H and O–H groups in total. The molecule has 0 aliphatic heterocycles. The molecule has 0 fully saturated rings. The molecule has 0 unspecified atom stereocenters. The molecule has 138 valence electrons. The molecule has 2 atom stereocenters. The first-order chi connectivity index (χ1) is 11.6. The molecule has 0 aliphatic rings. The van der Waals surface area contributed by atoms with Crippen molar-refractivity contribution in [2.75, 3.05) is 0 Å². The number of carboxylic acid groups (broad SMARTS) is 1. The highest BCUT2D eigenvalue weighted by Crippen LogP contribution is 2.21. The number of rotatable bonds is 8. The minimum absolute atomic E-state index is 0.0352. The molecule has 0 saturated carbocycles. The molecule has 1 aromatic heterocycles. The van der Waals surface area contributed by atoms with Gasteiger partial charge in [0.05, 0.1) is 0 Å². The van der Waals surface area contributed by atoms with Crippen molar-refractivity contribution in [2.45, 2.75) is 59.0 Å². The van der Waals surface area contributed by atoms with Gasteiger partial charge < -0.3 is 15.7 Å². The maximum atomic E-state index is 12.5. The summed E-state index contributed by atoms with van der Waals surface area (Å²) in [5, 5.41) is 14.5. The molecule has 7 heteroatoms. The van der Waals surface area contributed by atoms with Crippen LogP contribution >= 0.6 is 0 Å². The highest BCUT2D eigenvalue weighted by molar-refractivity contribution is 5.90. The van der Waals surface area contributed by atoms with Gasteiger partial charge in [-0.25, -0.2) is 4.79 Å². The monoisotopic (exact) mass is 349 g/mol. The topological polar surface area (TPSA) is 108 Å². The van der Waals surface area contributed by atoms with E-state index in [0.29, 0.717) is 12.8 Å². The van der Waals surface area contributed by atoms with Crippen molar-refractivity contribution in [1.29, 1.82) is 0 Å². The highest BCUT2D eigenvalue weighted by Gasteiger charge is 2.27. The Labute approximate surface area is 148 Å². The molecule has 0 aromatic carbocycles. The number of aliphatic carboxylic acids is 1. The number of hydrogen-bond acceptors (Lipinski definition) is 4. The van der Waals surface area contributed by atoms with Gasteiger partial charge in [0.2, 0.25) is 11.8 Å². The normalized spacial score (nSPS) is 13.6. The summed E-state index contributed by atoms with van der Waals surface area (Å²) in [6, 6.07) is 1.67. The molecule has 0 saturated heterocycles. The number of aromatic nitrogens is 1. The fourth-order valence-electron chi connectivity index (χ4n) is 2.32. The first-order valence-electron chi connectivity index (χ1n) is 8.27. The van der Waals surface area contributed by atoms with Gasteiger partial charge in [-0.05, 0) is 36.0 Å². The predicted octanol–water partition coefficient (Wildman–Crippen LogP) is 1.52. The summed E-state index contributed by atoms with van der Waals surface area (Å²) in [5.41, 5.74) is 0.789. The van der Waals surface area contributed by atoms with E-state index in [9.17, 15) is 19.5 Å². The van der Waals surface area contributed by atoms with Crippen LogP contribution in [0.1, 0.15) is 46.1 Å². The summed E-state index contributed by atoms with van der Waals surface area (Å²) in [4.78, 5) is 39.3. The summed E-state index contributed by atoms with van der Waals surface area (Å²) in [5.74, 6) is -1.94. The second-order valence-electron chi connectivity index (χ2n) is 7.31. The summed E-state index contributed by atoms with van der Waals surface area (Å²) < 4.78 is 0. The van der Waals surface area contributed by atoms with E-state index in [2.05, 4.69) is 15.6 Å². The molecule has 1 rings (SSSR count). The van der Waals surface area contributed by atoms with Crippen molar-refractivity contribution in [2.24, 2.45) is 5.41 Å². The average molecular weight is 349 g/mol. The highest BCUT2D eigenvalue weighted by atomic mass is 16.4. The SMILES string of the molecule is CC(=O)N[C@@H](Cc1ccncc1)C(=O)N[C@@H](CCC(C)(C)C)C(=O)O. The number of hydrogen-bond donors (Lipinski definition) is 3. The average Bonchev–Trinajstić information content (AvgIpc) is 2.50. The van der Waals surface area contributed by atoms with Crippen molar-refractivity contribution in [3.8, 4) is 0 Å². The van der Waals surface area contributed by atoms with Crippen LogP contribution in [0.5, 0.6) is 0 Å². The van der Waals surface area contributed by atoms with E-state index < -0.39 is 24.0 Å². The zero-order valence-corrected chi connectivity index (χ0v) is 15.2. The number of nitrogens with one attached hydrogen (secondary N) is 2. The zero-order chi connectivity index (χ0) is 19.0. The Balaban J connectivity index is 2.80. The molecule has 1 aromatic rings. The van der Waals surface area contributed by atoms with Gasteiger partial charge in [-0.2, -0.15) is 0 Å². The minimum atomic E-state index is -1.08. The third kappa shape index (κ3) is 8.28. The summed E-state index contributed by atoms with van der Waals surface area (Å²) in [6.45, 7) is 7.35. The number of carboxylic acids is 1. The van der Waals surface area contributed by atoms with Gasteiger partial charge in [0, 0.05) is 25.7 Å². The summed E-state index contributed by atoms with van der Waals surface area (Å²) in [6.07, 6.45) is 4.44. The maximum absolute atomic E-state index is 12.5. The number of pyridine rings is 1. The van der Waals surface area contributed by atoms with Crippen molar-refractivity contribution < 1.29 is 19.5 Å². The van der Waals surface area contributed by atoms with E-state index in [1.54, 1.807) is 24.5 Å². The number of carbonyl (C=O) groups excluding carboxylic acids is 2. The smallest absolute Gasteiger partial charge is 0.326 e. The van der Waals surface area contributed by atoms with Crippen LogP contribution < -0.4 is 10.6 Å². The van der Waals surface area contributed by atoms with Crippen molar-refractivity contribution in [1.82, 2.24) is 15.6 Å². The molecular formula is C18H27N3O4. The van der Waals surface area contributed by atoms with Crippen LogP contribution in [0.25, 0.3) is 0 Å². The van der Waals surface area contributed by atoms with Crippen LogP contribution in [0.2, 0.25) is 0 Å². The third-order valence-electron chi connectivity index (χ3n) is 3.68. The van der Waals surface area contributed by atoms with E-state index in [1.807, 2.05) is 20.8 Å². The molecule has 0 bridgehead atoms. The van der Waals surface area contributed by atoms with E-state index in [0.717, 1.165) is 5.56 Å². The van der Waals surface area contributed by atoms with E-state index in [1.165, 1.54) is 6.92 Å². The lowest BCUT2D eigenvalue weighted by Gasteiger charge is -2.24. The van der Waals surface area contributed by atoms with Gasteiger partial charge in [-0.15, -0.1) is 0 Å². The van der Waals surface area contributed by atoms with Crippen LogP contribution in [0.15, 0.2) is 24.5 Å². The Morgan fingerprint density at radius 3 is 2.20 bits per heavy atom. The molecule has 25 heavy (non-hydrogen) atoms.